The van der Waals surface area contributed by atoms with Crippen molar-refractivity contribution in [1.82, 2.24) is 9.38 Å². The molecule has 4 aromatic rings. The Balaban J connectivity index is 1.95. The van der Waals surface area contributed by atoms with Crippen molar-refractivity contribution < 1.29 is 4.79 Å². The zero-order chi connectivity index (χ0) is 17.6. The summed E-state index contributed by atoms with van der Waals surface area (Å²) in [5.41, 5.74) is 6.38. The molecular weight excluding hydrogens is 352 g/mol. The topological polar surface area (TPSA) is 34.4 Å². The van der Waals surface area contributed by atoms with E-state index in [1.54, 1.807) is 0 Å². The van der Waals surface area contributed by atoms with Gasteiger partial charge in [-0.2, -0.15) is 0 Å². The molecule has 0 aliphatic heterocycles. The van der Waals surface area contributed by atoms with Gasteiger partial charge < -0.3 is 0 Å². The van der Waals surface area contributed by atoms with Gasteiger partial charge in [0.15, 0.2) is 11.2 Å². The van der Waals surface area contributed by atoms with E-state index in [-0.39, 0.29) is 0 Å². The van der Waals surface area contributed by atoms with E-state index in [0.29, 0.717) is 11.4 Å². The zero-order valence-electron chi connectivity index (χ0n) is 13.8. The van der Waals surface area contributed by atoms with Crippen LogP contribution in [0.5, 0.6) is 0 Å². The van der Waals surface area contributed by atoms with Crippen molar-refractivity contribution in [2.75, 3.05) is 0 Å². The second kappa shape index (κ2) is 6.14. The number of rotatable bonds is 3. The molecule has 0 fully saturated rings. The molecule has 25 heavy (non-hydrogen) atoms. The van der Waals surface area contributed by atoms with Gasteiger partial charge in [-0.05, 0) is 37.1 Å². The number of aromatic nitrogens is 2. The average molecular weight is 367 g/mol. The molecule has 0 N–H and O–H groups in total. The van der Waals surface area contributed by atoms with Gasteiger partial charge in [-0.25, -0.2) is 4.98 Å². The highest BCUT2D eigenvalue weighted by Gasteiger charge is 2.18. The van der Waals surface area contributed by atoms with Gasteiger partial charge in [-0.1, -0.05) is 47.5 Å². The molecule has 2 aromatic carbocycles. The lowest BCUT2D eigenvalue weighted by atomic mass is 10.1. The Morgan fingerprint density at radius 1 is 1.08 bits per heavy atom. The van der Waals surface area contributed by atoms with Gasteiger partial charge in [0, 0.05) is 16.0 Å². The molecule has 4 rings (SSSR count). The Hall–Kier alpha value is -2.43. The molecule has 124 valence electrons. The number of nitrogens with zero attached hydrogens (tertiary/aromatic N) is 2. The van der Waals surface area contributed by atoms with Crippen LogP contribution < -0.4 is 0 Å². The first-order chi connectivity index (χ1) is 12.1. The number of thiazole rings is 1. The highest BCUT2D eigenvalue weighted by atomic mass is 35.5. The van der Waals surface area contributed by atoms with Gasteiger partial charge in [0.05, 0.1) is 5.69 Å². The van der Waals surface area contributed by atoms with Crippen LogP contribution in [-0.4, -0.2) is 15.7 Å². The molecule has 0 bridgehead atoms. The lowest BCUT2D eigenvalue weighted by molar-refractivity contribution is 0.111. The summed E-state index contributed by atoms with van der Waals surface area (Å²) in [5.74, 6) is 0. The van der Waals surface area contributed by atoms with Crippen molar-refractivity contribution in [1.29, 1.82) is 0 Å². The Bertz CT molecular complexity index is 1090. The number of halogens is 1. The molecule has 0 aliphatic rings. The quantitative estimate of drug-likeness (QED) is 0.428. The summed E-state index contributed by atoms with van der Waals surface area (Å²) in [6, 6.07) is 13.9. The number of carbonyl (C=O) groups is 1. The number of benzene rings is 2. The fourth-order valence-corrected chi connectivity index (χ4v) is 3.94. The van der Waals surface area contributed by atoms with Crippen LogP contribution in [0, 0.1) is 13.8 Å². The van der Waals surface area contributed by atoms with Crippen LogP contribution in [0.25, 0.3) is 27.5 Å². The van der Waals surface area contributed by atoms with Gasteiger partial charge in [0.1, 0.15) is 11.4 Å². The number of imidazole rings is 1. The molecule has 0 unspecified atom stereocenters. The van der Waals surface area contributed by atoms with Crippen molar-refractivity contribution in [3.05, 3.63) is 69.7 Å². The maximum absolute atomic E-state index is 11.9. The molecule has 0 saturated heterocycles. The third kappa shape index (κ3) is 2.68. The molecule has 0 amide bonds. The van der Waals surface area contributed by atoms with Gasteiger partial charge >= 0.3 is 0 Å². The van der Waals surface area contributed by atoms with Gasteiger partial charge in [0.25, 0.3) is 0 Å². The molecule has 0 spiro atoms. The minimum atomic E-state index is 0.572. The Morgan fingerprint density at radius 2 is 1.80 bits per heavy atom. The van der Waals surface area contributed by atoms with E-state index in [2.05, 4.69) is 0 Å². The van der Waals surface area contributed by atoms with Gasteiger partial charge in [0.2, 0.25) is 0 Å². The van der Waals surface area contributed by atoms with E-state index >= 15 is 0 Å². The molecule has 0 saturated carbocycles. The second-order valence-corrected chi connectivity index (χ2v) is 7.28. The first-order valence-electron chi connectivity index (χ1n) is 7.87. The minimum Gasteiger partial charge on any atom is -0.296 e. The fraction of sp³-hybridized carbons (Fsp3) is 0.100. The standard InChI is InChI=1S/C20H15ClN2OS/c1-12-3-5-14(6-4-12)19-17(10-24)23-18(11-25-20(23)22-19)15-7-8-16(21)13(2)9-15/h3-11H,1-2H3. The van der Waals surface area contributed by atoms with Gasteiger partial charge in [-0.3, -0.25) is 9.20 Å². The summed E-state index contributed by atoms with van der Waals surface area (Å²) in [5, 5.41) is 2.76. The van der Waals surface area contributed by atoms with Crippen LogP contribution in [0.3, 0.4) is 0 Å². The first-order valence-corrected chi connectivity index (χ1v) is 9.13. The molecule has 0 radical (unpaired) electrons. The summed E-state index contributed by atoms with van der Waals surface area (Å²) in [6.45, 7) is 4.01. The molecule has 2 aromatic heterocycles. The smallest absolute Gasteiger partial charge is 0.195 e. The number of aryl methyl sites for hydroxylation is 2. The average Bonchev–Trinajstić information content (AvgIpc) is 3.17. The van der Waals surface area contributed by atoms with Crippen LogP contribution >= 0.6 is 22.9 Å². The van der Waals surface area contributed by atoms with Crippen LogP contribution in [0.15, 0.2) is 47.8 Å². The number of hydrogen-bond acceptors (Lipinski definition) is 3. The number of hydrogen-bond donors (Lipinski definition) is 0. The SMILES string of the molecule is Cc1ccc(-c2nc3scc(-c4ccc(Cl)c(C)c4)n3c2C=O)cc1. The molecule has 3 nitrogen and oxygen atoms in total. The maximum Gasteiger partial charge on any atom is 0.195 e. The second-order valence-electron chi connectivity index (χ2n) is 6.03. The van der Waals surface area contributed by atoms with Crippen molar-refractivity contribution >= 4 is 34.2 Å². The van der Waals surface area contributed by atoms with Crippen LogP contribution in [0.4, 0.5) is 0 Å². The van der Waals surface area contributed by atoms with E-state index in [0.717, 1.165) is 38.7 Å². The summed E-state index contributed by atoms with van der Waals surface area (Å²) in [7, 11) is 0. The monoisotopic (exact) mass is 366 g/mol. The molecular formula is C20H15ClN2OS. The molecule has 0 aliphatic carbocycles. The zero-order valence-corrected chi connectivity index (χ0v) is 15.4. The number of carbonyl (C=O) groups excluding carboxylic acids is 1. The fourth-order valence-electron chi connectivity index (χ4n) is 2.92. The van der Waals surface area contributed by atoms with Crippen LogP contribution in [-0.2, 0) is 0 Å². The third-order valence-electron chi connectivity index (χ3n) is 4.29. The molecule has 5 heteroatoms. The number of aldehydes is 1. The maximum atomic E-state index is 11.9. The van der Waals surface area contributed by atoms with Crippen LogP contribution in [0.1, 0.15) is 21.6 Å². The summed E-state index contributed by atoms with van der Waals surface area (Å²) in [6.07, 6.45) is 0.883. The number of fused-ring (bicyclic) bond motifs is 1. The Labute approximate surface area is 154 Å². The van der Waals surface area contributed by atoms with Crippen molar-refractivity contribution in [3.8, 4) is 22.5 Å². The van der Waals surface area contributed by atoms with E-state index < -0.39 is 0 Å². The first kappa shape index (κ1) is 16.1. The Morgan fingerprint density at radius 3 is 2.48 bits per heavy atom. The predicted octanol–water partition coefficient (Wildman–Crippen LogP) is 5.81. The van der Waals surface area contributed by atoms with Crippen molar-refractivity contribution in [2.45, 2.75) is 13.8 Å². The largest absolute Gasteiger partial charge is 0.296 e. The van der Waals surface area contributed by atoms with E-state index in [1.165, 1.54) is 16.9 Å². The molecule has 0 atom stereocenters. The lowest BCUT2D eigenvalue weighted by Gasteiger charge is -2.05. The van der Waals surface area contributed by atoms with E-state index in [1.807, 2.05) is 66.1 Å². The van der Waals surface area contributed by atoms with Crippen molar-refractivity contribution in [3.63, 3.8) is 0 Å². The summed E-state index contributed by atoms with van der Waals surface area (Å²) >= 11 is 7.67. The normalized spacial score (nSPS) is 11.2. The highest BCUT2D eigenvalue weighted by Crippen LogP contribution is 2.33. The molecule has 2 heterocycles. The minimum absolute atomic E-state index is 0.572. The Kier molecular flexibility index (Phi) is 3.94. The summed E-state index contributed by atoms with van der Waals surface area (Å²) < 4.78 is 1.93. The predicted molar refractivity (Wildman–Crippen MR) is 104 cm³/mol. The van der Waals surface area contributed by atoms with Crippen LogP contribution in [0.2, 0.25) is 5.02 Å². The highest BCUT2D eigenvalue weighted by molar-refractivity contribution is 7.15. The summed E-state index contributed by atoms with van der Waals surface area (Å²) in [4.78, 5) is 17.4. The lowest BCUT2D eigenvalue weighted by Crippen LogP contribution is -1.94. The third-order valence-corrected chi connectivity index (χ3v) is 5.54. The van der Waals surface area contributed by atoms with Crippen molar-refractivity contribution in [2.24, 2.45) is 0 Å². The van der Waals surface area contributed by atoms with Gasteiger partial charge in [-0.15, -0.1) is 11.3 Å². The van der Waals surface area contributed by atoms with E-state index in [9.17, 15) is 4.79 Å². The van der Waals surface area contributed by atoms with E-state index in [4.69, 9.17) is 16.6 Å².